The molecule has 0 unspecified atom stereocenters. The Labute approximate surface area is 132 Å². The Morgan fingerprint density at radius 1 is 0.864 bits per heavy atom. The van der Waals surface area contributed by atoms with Crippen LogP contribution in [-0.2, 0) is 17.6 Å². The van der Waals surface area contributed by atoms with Crippen molar-refractivity contribution >= 4 is 11.8 Å². The Kier molecular flexibility index (Phi) is 4.46. The molecule has 1 saturated heterocycles. The van der Waals surface area contributed by atoms with Crippen LogP contribution in [0.3, 0.4) is 0 Å². The fraction of sp³-hybridized carbons (Fsp3) is 0.556. The van der Waals surface area contributed by atoms with Crippen LogP contribution >= 0.6 is 0 Å². The fourth-order valence-corrected chi connectivity index (χ4v) is 3.48. The Morgan fingerprint density at radius 3 is 2.32 bits per heavy atom. The Hall–Kier alpha value is -1.84. The lowest BCUT2D eigenvalue weighted by Gasteiger charge is -2.23. The van der Waals surface area contributed by atoms with E-state index in [1.807, 2.05) is 15.9 Å². The van der Waals surface area contributed by atoms with Gasteiger partial charge in [0.05, 0.1) is 0 Å². The standard InChI is InChI=1S/C18H24N2O2/c1-14(21)19-9-4-10-20(12-11-19)18(22)17-8-7-15-5-2-3-6-16(15)13-17/h7-8,13H,2-6,9-12H2,1H3. The molecule has 118 valence electrons. The number of fused-ring (bicyclic) bond motifs is 1. The van der Waals surface area contributed by atoms with Crippen LogP contribution in [0.1, 0.15) is 47.7 Å². The molecule has 0 radical (unpaired) electrons. The zero-order valence-electron chi connectivity index (χ0n) is 13.3. The molecule has 0 aromatic heterocycles. The van der Waals surface area contributed by atoms with E-state index in [2.05, 4.69) is 12.1 Å². The number of nitrogens with zero attached hydrogens (tertiary/aromatic N) is 2. The van der Waals surface area contributed by atoms with Gasteiger partial charge in [-0.1, -0.05) is 6.07 Å². The number of hydrogen-bond acceptors (Lipinski definition) is 2. The lowest BCUT2D eigenvalue weighted by molar-refractivity contribution is -0.128. The van der Waals surface area contributed by atoms with Gasteiger partial charge in [-0.05, 0) is 55.4 Å². The first-order chi connectivity index (χ1) is 10.6. The van der Waals surface area contributed by atoms with Gasteiger partial charge in [0.15, 0.2) is 0 Å². The van der Waals surface area contributed by atoms with Gasteiger partial charge < -0.3 is 9.80 Å². The van der Waals surface area contributed by atoms with Crippen molar-refractivity contribution in [1.29, 1.82) is 0 Å². The molecule has 0 spiro atoms. The fourth-order valence-electron chi connectivity index (χ4n) is 3.48. The molecule has 4 heteroatoms. The molecule has 3 rings (SSSR count). The van der Waals surface area contributed by atoms with E-state index in [-0.39, 0.29) is 11.8 Å². The molecule has 22 heavy (non-hydrogen) atoms. The van der Waals surface area contributed by atoms with Crippen LogP contribution < -0.4 is 0 Å². The molecule has 1 heterocycles. The number of amides is 2. The maximum atomic E-state index is 12.7. The van der Waals surface area contributed by atoms with Gasteiger partial charge >= 0.3 is 0 Å². The van der Waals surface area contributed by atoms with Gasteiger partial charge in [-0.25, -0.2) is 0 Å². The van der Waals surface area contributed by atoms with Crippen LogP contribution in [0.15, 0.2) is 18.2 Å². The van der Waals surface area contributed by atoms with Crippen molar-refractivity contribution in [2.24, 2.45) is 0 Å². The van der Waals surface area contributed by atoms with Crippen molar-refractivity contribution in [3.8, 4) is 0 Å². The summed E-state index contributed by atoms with van der Waals surface area (Å²) in [4.78, 5) is 27.9. The lowest BCUT2D eigenvalue weighted by Crippen LogP contribution is -2.36. The van der Waals surface area contributed by atoms with E-state index in [0.29, 0.717) is 13.1 Å². The Balaban J connectivity index is 1.72. The number of rotatable bonds is 1. The summed E-state index contributed by atoms with van der Waals surface area (Å²) in [5.74, 6) is 0.210. The minimum Gasteiger partial charge on any atom is -0.341 e. The van der Waals surface area contributed by atoms with Gasteiger partial charge in [-0.15, -0.1) is 0 Å². The zero-order chi connectivity index (χ0) is 15.5. The predicted molar refractivity (Wildman–Crippen MR) is 85.9 cm³/mol. The molecular weight excluding hydrogens is 276 g/mol. The van der Waals surface area contributed by atoms with E-state index in [9.17, 15) is 9.59 Å². The van der Waals surface area contributed by atoms with Gasteiger partial charge in [0.1, 0.15) is 0 Å². The van der Waals surface area contributed by atoms with Crippen LogP contribution in [0, 0.1) is 0 Å². The second-order valence-corrected chi connectivity index (χ2v) is 6.34. The molecule has 1 aliphatic heterocycles. The molecule has 1 fully saturated rings. The lowest BCUT2D eigenvalue weighted by atomic mass is 9.90. The summed E-state index contributed by atoms with van der Waals surface area (Å²) in [7, 11) is 0. The number of carbonyl (C=O) groups excluding carboxylic acids is 2. The minimum atomic E-state index is 0.100. The first kappa shape index (κ1) is 15.1. The summed E-state index contributed by atoms with van der Waals surface area (Å²) in [6.07, 6.45) is 5.57. The molecule has 4 nitrogen and oxygen atoms in total. The second-order valence-electron chi connectivity index (χ2n) is 6.34. The molecular formula is C18H24N2O2. The SMILES string of the molecule is CC(=O)N1CCCN(C(=O)c2ccc3c(c2)CCCC3)CC1. The van der Waals surface area contributed by atoms with E-state index < -0.39 is 0 Å². The third-order valence-electron chi connectivity index (χ3n) is 4.82. The average molecular weight is 300 g/mol. The van der Waals surface area contributed by atoms with Crippen molar-refractivity contribution in [2.45, 2.75) is 39.0 Å². The third kappa shape index (κ3) is 3.16. The van der Waals surface area contributed by atoms with Gasteiger partial charge in [0, 0.05) is 38.7 Å². The van der Waals surface area contributed by atoms with E-state index in [4.69, 9.17) is 0 Å². The summed E-state index contributed by atoms with van der Waals surface area (Å²) in [6, 6.07) is 6.19. The van der Waals surface area contributed by atoms with Crippen molar-refractivity contribution < 1.29 is 9.59 Å². The summed E-state index contributed by atoms with van der Waals surface area (Å²) in [5.41, 5.74) is 3.55. The first-order valence-corrected chi connectivity index (χ1v) is 8.32. The molecule has 0 bridgehead atoms. The van der Waals surface area contributed by atoms with Crippen LogP contribution in [-0.4, -0.2) is 47.8 Å². The van der Waals surface area contributed by atoms with Crippen molar-refractivity contribution in [2.75, 3.05) is 26.2 Å². The van der Waals surface area contributed by atoms with Crippen molar-refractivity contribution in [3.63, 3.8) is 0 Å². The summed E-state index contributed by atoms with van der Waals surface area (Å²) in [6.45, 7) is 4.37. The van der Waals surface area contributed by atoms with Gasteiger partial charge in [0.2, 0.25) is 5.91 Å². The molecule has 2 amide bonds. The average Bonchev–Trinajstić information content (AvgIpc) is 2.80. The Morgan fingerprint density at radius 2 is 1.55 bits per heavy atom. The van der Waals surface area contributed by atoms with Crippen molar-refractivity contribution in [1.82, 2.24) is 9.80 Å². The number of benzene rings is 1. The highest BCUT2D eigenvalue weighted by molar-refractivity contribution is 5.94. The van der Waals surface area contributed by atoms with E-state index >= 15 is 0 Å². The maximum absolute atomic E-state index is 12.7. The Bertz CT molecular complexity index is 582. The highest BCUT2D eigenvalue weighted by Gasteiger charge is 2.22. The van der Waals surface area contributed by atoms with Crippen LogP contribution in [0.5, 0.6) is 0 Å². The molecule has 0 atom stereocenters. The maximum Gasteiger partial charge on any atom is 0.253 e. The monoisotopic (exact) mass is 300 g/mol. The molecule has 0 saturated carbocycles. The number of aryl methyl sites for hydroxylation is 2. The normalized spacial score (nSPS) is 18.6. The molecule has 2 aliphatic rings. The smallest absolute Gasteiger partial charge is 0.253 e. The molecule has 1 aromatic carbocycles. The minimum absolute atomic E-state index is 0.100. The summed E-state index contributed by atoms with van der Waals surface area (Å²) >= 11 is 0. The van der Waals surface area contributed by atoms with E-state index in [1.165, 1.54) is 24.0 Å². The molecule has 1 aromatic rings. The van der Waals surface area contributed by atoms with Crippen molar-refractivity contribution in [3.05, 3.63) is 34.9 Å². The second kappa shape index (κ2) is 6.51. The van der Waals surface area contributed by atoms with Crippen LogP contribution in [0.4, 0.5) is 0 Å². The van der Waals surface area contributed by atoms with Crippen LogP contribution in [0.2, 0.25) is 0 Å². The zero-order valence-corrected chi connectivity index (χ0v) is 13.3. The molecule has 0 N–H and O–H groups in total. The van der Waals surface area contributed by atoms with Gasteiger partial charge in [-0.3, -0.25) is 9.59 Å². The highest BCUT2D eigenvalue weighted by Crippen LogP contribution is 2.23. The number of carbonyl (C=O) groups is 2. The third-order valence-corrected chi connectivity index (χ3v) is 4.82. The predicted octanol–water partition coefficient (Wildman–Crippen LogP) is 2.26. The van der Waals surface area contributed by atoms with E-state index in [0.717, 1.165) is 37.9 Å². The topological polar surface area (TPSA) is 40.6 Å². The van der Waals surface area contributed by atoms with Crippen LogP contribution in [0.25, 0.3) is 0 Å². The largest absolute Gasteiger partial charge is 0.341 e. The highest BCUT2D eigenvalue weighted by atomic mass is 16.2. The summed E-state index contributed by atoms with van der Waals surface area (Å²) < 4.78 is 0. The quantitative estimate of drug-likeness (QED) is 0.798. The van der Waals surface area contributed by atoms with Gasteiger partial charge in [-0.2, -0.15) is 0 Å². The molecule has 1 aliphatic carbocycles. The van der Waals surface area contributed by atoms with Gasteiger partial charge in [0.25, 0.3) is 5.91 Å². The first-order valence-electron chi connectivity index (χ1n) is 8.32. The van der Waals surface area contributed by atoms with E-state index in [1.54, 1.807) is 6.92 Å². The number of hydrogen-bond donors (Lipinski definition) is 0. The summed E-state index contributed by atoms with van der Waals surface area (Å²) in [5, 5.41) is 0.